The van der Waals surface area contributed by atoms with E-state index in [0.717, 1.165) is 37.0 Å². The fraction of sp³-hybridized carbons (Fsp3) is 0.500. The molecular weight excluding hydrogens is 268 g/mol. The molecule has 0 amide bonds. The zero-order valence-electron chi connectivity index (χ0n) is 12.2. The molecule has 1 saturated heterocycles. The predicted molar refractivity (Wildman–Crippen MR) is 78.6 cm³/mol. The van der Waals surface area contributed by atoms with Crippen LogP contribution in [0.3, 0.4) is 0 Å². The van der Waals surface area contributed by atoms with Gasteiger partial charge in [0.15, 0.2) is 5.58 Å². The lowest BCUT2D eigenvalue weighted by Gasteiger charge is -2.30. The van der Waals surface area contributed by atoms with Gasteiger partial charge in [-0.2, -0.15) is 0 Å². The van der Waals surface area contributed by atoms with Crippen LogP contribution in [0.4, 0.5) is 0 Å². The summed E-state index contributed by atoms with van der Waals surface area (Å²) in [6, 6.07) is 7.75. The van der Waals surface area contributed by atoms with E-state index in [4.69, 9.17) is 9.15 Å². The van der Waals surface area contributed by atoms with E-state index in [9.17, 15) is 4.79 Å². The van der Waals surface area contributed by atoms with Crippen LogP contribution in [0.25, 0.3) is 11.1 Å². The second kappa shape index (κ2) is 6.26. The molecule has 1 fully saturated rings. The molecule has 3 rings (SSSR count). The van der Waals surface area contributed by atoms with Gasteiger partial charge in [0.2, 0.25) is 5.89 Å². The molecule has 0 radical (unpaired) electrons. The van der Waals surface area contributed by atoms with Crippen LogP contribution in [0.5, 0.6) is 0 Å². The van der Waals surface area contributed by atoms with Crippen LogP contribution in [0.2, 0.25) is 0 Å². The van der Waals surface area contributed by atoms with Gasteiger partial charge in [-0.25, -0.2) is 4.98 Å². The zero-order valence-corrected chi connectivity index (χ0v) is 12.2. The van der Waals surface area contributed by atoms with Crippen molar-refractivity contribution in [2.45, 2.75) is 26.3 Å². The van der Waals surface area contributed by atoms with Crippen molar-refractivity contribution in [2.75, 3.05) is 19.7 Å². The number of carbonyl (C=O) groups excluding carboxylic acids is 1. The second-order valence-electron chi connectivity index (χ2n) is 5.40. The third-order valence-corrected chi connectivity index (χ3v) is 3.82. The number of oxazole rings is 1. The Hall–Kier alpha value is -1.88. The lowest BCUT2D eigenvalue weighted by Crippen LogP contribution is -2.39. The summed E-state index contributed by atoms with van der Waals surface area (Å²) in [6.45, 7) is 4.62. The summed E-state index contributed by atoms with van der Waals surface area (Å²) in [7, 11) is 0. The van der Waals surface area contributed by atoms with Crippen molar-refractivity contribution in [2.24, 2.45) is 5.92 Å². The number of aromatic nitrogens is 1. The van der Waals surface area contributed by atoms with E-state index >= 15 is 0 Å². The third kappa shape index (κ3) is 3.24. The molecule has 0 bridgehead atoms. The number of piperidine rings is 1. The molecule has 1 aromatic carbocycles. The lowest BCUT2D eigenvalue weighted by molar-refractivity contribution is -0.150. The Labute approximate surface area is 123 Å². The number of nitrogens with zero attached hydrogens (tertiary/aromatic N) is 2. The van der Waals surface area contributed by atoms with Gasteiger partial charge < -0.3 is 9.15 Å². The number of carbonyl (C=O) groups is 1. The van der Waals surface area contributed by atoms with E-state index in [1.807, 2.05) is 31.2 Å². The number of hydrogen-bond donors (Lipinski definition) is 0. The van der Waals surface area contributed by atoms with Crippen LogP contribution >= 0.6 is 0 Å². The Morgan fingerprint density at radius 1 is 1.48 bits per heavy atom. The number of esters is 1. The van der Waals surface area contributed by atoms with E-state index in [-0.39, 0.29) is 11.9 Å². The Kier molecular flexibility index (Phi) is 4.20. The van der Waals surface area contributed by atoms with Gasteiger partial charge in [0.25, 0.3) is 0 Å². The number of para-hydroxylation sites is 2. The molecule has 2 heterocycles. The van der Waals surface area contributed by atoms with Crippen LogP contribution in [-0.4, -0.2) is 35.5 Å². The van der Waals surface area contributed by atoms with Crippen molar-refractivity contribution >= 4 is 17.1 Å². The summed E-state index contributed by atoms with van der Waals surface area (Å²) in [5.41, 5.74) is 1.69. The summed E-state index contributed by atoms with van der Waals surface area (Å²) in [4.78, 5) is 18.6. The first-order chi connectivity index (χ1) is 10.3. The van der Waals surface area contributed by atoms with Gasteiger partial charge in [-0.1, -0.05) is 12.1 Å². The van der Waals surface area contributed by atoms with Crippen LogP contribution in [-0.2, 0) is 16.1 Å². The normalized spacial score (nSPS) is 19.8. The molecule has 1 aliphatic heterocycles. The lowest BCUT2D eigenvalue weighted by atomic mass is 9.98. The highest BCUT2D eigenvalue weighted by Gasteiger charge is 2.27. The number of rotatable bonds is 4. The summed E-state index contributed by atoms with van der Waals surface area (Å²) in [5, 5.41) is 0. The second-order valence-corrected chi connectivity index (χ2v) is 5.40. The number of ether oxygens (including phenoxy) is 1. The first kappa shape index (κ1) is 14.1. The predicted octanol–water partition coefficient (Wildman–Crippen LogP) is 2.60. The van der Waals surface area contributed by atoms with Gasteiger partial charge in [-0.3, -0.25) is 9.69 Å². The van der Waals surface area contributed by atoms with Crippen LogP contribution < -0.4 is 0 Å². The molecule has 1 aromatic heterocycles. The summed E-state index contributed by atoms with van der Waals surface area (Å²) in [5.74, 6) is 0.601. The van der Waals surface area contributed by atoms with Gasteiger partial charge >= 0.3 is 5.97 Å². The van der Waals surface area contributed by atoms with Crippen molar-refractivity contribution in [3.05, 3.63) is 30.2 Å². The number of likely N-dealkylation sites (tertiary alicyclic amines) is 1. The maximum absolute atomic E-state index is 11.8. The van der Waals surface area contributed by atoms with Crippen molar-refractivity contribution in [3.8, 4) is 0 Å². The standard InChI is InChI=1S/C16H20N2O3/c1-2-20-16(19)12-6-5-9-18(10-12)11-15-17-13-7-3-4-8-14(13)21-15/h3-4,7-8,12H,2,5-6,9-11H2,1H3. The molecule has 5 heteroatoms. The summed E-state index contributed by atoms with van der Waals surface area (Å²) >= 11 is 0. The van der Waals surface area contributed by atoms with Crippen LogP contribution in [0, 0.1) is 5.92 Å². The van der Waals surface area contributed by atoms with E-state index < -0.39 is 0 Å². The molecule has 0 spiro atoms. The summed E-state index contributed by atoms with van der Waals surface area (Å²) < 4.78 is 10.9. The van der Waals surface area contributed by atoms with E-state index in [1.54, 1.807) is 0 Å². The summed E-state index contributed by atoms with van der Waals surface area (Å²) in [6.07, 6.45) is 1.91. The largest absolute Gasteiger partial charge is 0.466 e. The Balaban J connectivity index is 1.65. The number of benzene rings is 1. The highest BCUT2D eigenvalue weighted by molar-refractivity contribution is 5.73. The third-order valence-electron chi connectivity index (χ3n) is 3.82. The topological polar surface area (TPSA) is 55.6 Å². The number of hydrogen-bond acceptors (Lipinski definition) is 5. The van der Waals surface area contributed by atoms with Crippen molar-refractivity contribution in [1.82, 2.24) is 9.88 Å². The molecule has 5 nitrogen and oxygen atoms in total. The molecular formula is C16H20N2O3. The first-order valence-electron chi connectivity index (χ1n) is 7.49. The van der Waals surface area contributed by atoms with Gasteiger partial charge in [-0.05, 0) is 38.4 Å². The van der Waals surface area contributed by atoms with E-state index in [0.29, 0.717) is 19.0 Å². The van der Waals surface area contributed by atoms with E-state index in [2.05, 4.69) is 9.88 Å². The minimum absolute atomic E-state index is 0.0249. The fourth-order valence-corrected chi connectivity index (χ4v) is 2.83. The van der Waals surface area contributed by atoms with Crippen molar-refractivity contribution in [1.29, 1.82) is 0 Å². The molecule has 1 aliphatic rings. The Morgan fingerprint density at radius 2 is 2.33 bits per heavy atom. The maximum atomic E-state index is 11.8. The Morgan fingerprint density at radius 3 is 3.14 bits per heavy atom. The smallest absolute Gasteiger partial charge is 0.310 e. The molecule has 0 saturated carbocycles. The van der Waals surface area contributed by atoms with E-state index in [1.165, 1.54) is 0 Å². The number of fused-ring (bicyclic) bond motifs is 1. The molecule has 1 atom stereocenters. The molecule has 1 unspecified atom stereocenters. The monoisotopic (exact) mass is 288 g/mol. The first-order valence-corrected chi connectivity index (χ1v) is 7.49. The average Bonchev–Trinajstić information content (AvgIpc) is 2.90. The average molecular weight is 288 g/mol. The molecule has 0 aliphatic carbocycles. The molecule has 2 aromatic rings. The zero-order chi connectivity index (χ0) is 14.7. The van der Waals surface area contributed by atoms with Gasteiger partial charge in [0.05, 0.1) is 19.1 Å². The van der Waals surface area contributed by atoms with Gasteiger partial charge in [-0.15, -0.1) is 0 Å². The Bertz CT molecular complexity index is 590. The quantitative estimate of drug-likeness (QED) is 0.809. The SMILES string of the molecule is CCOC(=O)C1CCCN(Cc2nc3ccccc3o2)C1. The molecule has 21 heavy (non-hydrogen) atoms. The molecule has 112 valence electrons. The van der Waals surface area contributed by atoms with Crippen LogP contribution in [0.1, 0.15) is 25.7 Å². The maximum Gasteiger partial charge on any atom is 0.310 e. The fourth-order valence-electron chi connectivity index (χ4n) is 2.83. The van der Waals surface area contributed by atoms with Gasteiger partial charge in [0, 0.05) is 6.54 Å². The molecule has 0 N–H and O–H groups in total. The highest BCUT2D eigenvalue weighted by atomic mass is 16.5. The van der Waals surface area contributed by atoms with Gasteiger partial charge in [0.1, 0.15) is 5.52 Å². The van der Waals surface area contributed by atoms with Crippen molar-refractivity contribution < 1.29 is 13.9 Å². The van der Waals surface area contributed by atoms with Crippen LogP contribution in [0.15, 0.2) is 28.7 Å². The minimum Gasteiger partial charge on any atom is -0.466 e. The van der Waals surface area contributed by atoms with Crippen molar-refractivity contribution in [3.63, 3.8) is 0 Å². The minimum atomic E-state index is -0.0836. The highest BCUT2D eigenvalue weighted by Crippen LogP contribution is 2.21.